The zero-order valence-electron chi connectivity index (χ0n) is 11.1. The van der Waals surface area contributed by atoms with Crippen LogP contribution in [0, 0.1) is 0 Å². The number of hydrogen-bond donors (Lipinski definition) is 1. The Morgan fingerprint density at radius 3 is 2.45 bits per heavy atom. The van der Waals surface area contributed by atoms with E-state index in [9.17, 15) is 13.2 Å². The van der Waals surface area contributed by atoms with Crippen molar-refractivity contribution in [2.24, 2.45) is 5.73 Å². The van der Waals surface area contributed by atoms with Crippen LogP contribution in [0.15, 0.2) is 36.7 Å². The molecule has 0 radical (unpaired) electrons. The minimum Gasteiger partial charge on any atom is -0.333 e. The molecule has 1 aromatic heterocycles. The second-order valence-electron chi connectivity index (χ2n) is 4.58. The summed E-state index contributed by atoms with van der Waals surface area (Å²) < 4.78 is 39.5. The number of aromatic nitrogens is 2. The molecule has 20 heavy (non-hydrogen) atoms. The van der Waals surface area contributed by atoms with Crippen LogP contribution in [0.1, 0.15) is 36.3 Å². The van der Waals surface area contributed by atoms with Crippen LogP contribution in [0.25, 0.3) is 0 Å². The van der Waals surface area contributed by atoms with Crippen LogP contribution in [0.2, 0.25) is 0 Å². The molecule has 2 rings (SSSR count). The number of hydrogen-bond acceptors (Lipinski definition) is 2. The Bertz CT molecular complexity index is 558. The van der Waals surface area contributed by atoms with Crippen molar-refractivity contribution in [3.63, 3.8) is 0 Å². The standard InChI is InChI=1S/C14H16F3N3/c1-2-8-20-9-7-19-13(20)12(18)10-3-5-11(6-4-10)14(15,16)17/h3-7,9,12H,2,8,18H2,1H3. The summed E-state index contributed by atoms with van der Waals surface area (Å²) in [4.78, 5) is 4.20. The monoisotopic (exact) mass is 283 g/mol. The molecular weight excluding hydrogens is 267 g/mol. The molecule has 2 aromatic rings. The second kappa shape index (κ2) is 5.66. The topological polar surface area (TPSA) is 43.8 Å². The third-order valence-electron chi connectivity index (χ3n) is 3.09. The molecule has 0 bridgehead atoms. The van der Waals surface area contributed by atoms with Crippen molar-refractivity contribution in [1.82, 2.24) is 9.55 Å². The number of nitrogens with zero attached hydrogens (tertiary/aromatic N) is 2. The van der Waals surface area contributed by atoms with Gasteiger partial charge in [0.1, 0.15) is 5.82 Å². The van der Waals surface area contributed by atoms with Crippen molar-refractivity contribution in [2.45, 2.75) is 32.1 Å². The maximum absolute atomic E-state index is 12.5. The van der Waals surface area contributed by atoms with Gasteiger partial charge in [-0.2, -0.15) is 13.2 Å². The van der Waals surface area contributed by atoms with Gasteiger partial charge < -0.3 is 10.3 Å². The molecule has 1 heterocycles. The average molecular weight is 283 g/mol. The first-order valence-corrected chi connectivity index (χ1v) is 6.37. The van der Waals surface area contributed by atoms with E-state index in [0.717, 1.165) is 25.1 Å². The van der Waals surface area contributed by atoms with Gasteiger partial charge in [-0.15, -0.1) is 0 Å². The van der Waals surface area contributed by atoms with Gasteiger partial charge >= 0.3 is 6.18 Å². The molecule has 0 amide bonds. The van der Waals surface area contributed by atoms with Gasteiger partial charge in [0.05, 0.1) is 11.6 Å². The van der Waals surface area contributed by atoms with Gasteiger partial charge in [-0.1, -0.05) is 19.1 Å². The lowest BCUT2D eigenvalue weighted by Gasteiger charge is -2.15. The van der Waals surface area contributed by atoms with E-state index in [0.29, 0.717) is 11.4 Å². The number of imidazole rings is 1. The molecule has 2 N–H and O–H groups in total. The van der Waals surface area contributed by atoms with Crippen molar-refractivity contribution < 1.29 is 13.2 Å². The third kappa shape index (κ3) is 3.01. The van der Waals surface area contributed by atoms with Gasteiger partial charge in [0.15, 0.2) is 0 Å². The Kier molecular flexibility index (Phi) is 4.13. The molecule has 0 fully saturated rings. The zero-order chi connectivity index (χ0) is 14.8. The van der Waals surface area contributed by atoms with Gasteiger partial charge in [0.25, 0.3) is 0 Å². The van der Waals surface area contributed by atoms with Gasteiger partial charge in [-0.25, -0.2) is 4.98 Å². The Labute approximate surface area is 115 Å². The van der Waals surface area contributed by atoms with E-state index in [-0.39, 0.29) is 0 Å². The number of alkyl halides is 3. The highest BCUT2D eigenvalue weighted by Gasteiger charge is 2.30. The number of benzene rings is 1. The molecule has 0 aliphatic heterocycles. The first-order chi connectivity index (χ1) is 9.43. The summed E-state index contributed by atoms with van der Waals surface area (Å²) >= 11 is 0. The lowest BCUT2D eigenvalue weighted by molar-refractivity contribution is -0.137. The summed E-state index contributed by atoms with van der Waals surface area (Å²) in [5.74, 6) is 0.659. The second-order valence-corrected chi connectivity index (χ2v) is 4.58. The summed E-state index contributed by atoms with van der Waals surface area (Å²) in [7, 11) is 0. The Morgan fingerprint density at radius 2 is 1.90 bits per heavy atom. The van der Waals surface area contributed by atoms with Crippen LogP contribution in [0.4, 0.5) is 13.2 Å². The number of aryl methyl sites for hydroxylation is 1. The molecule has 6 heteroatoms. The van der Waals surface area contributed by atoms with E-state index in [1.165, 1.54) is 12.1 Å². The maximum Gasteiger partial charge on any atom is 0.416 e. The minimum absolute atomic E-state index is 0.529. The van der Waals surface area contributed by atoms with Crippen LogP contribution >= 0.6 is 0 Å². The third-order valence-corrected chi connectivity index (χ3v) is 3.09. The lowest BCUT2D eigenvalue weighted by atomic mass is 10.0. The van der Waals surface area contributed by atoms with E-state index in [1.54, 1.807) is 6.20 Å². The highest BCUT2D eigenvalue weighted by molar-refractivity contribution is 5.29. The normalized spacial score (nSPS) is 13.4. The van der Waals surface area contributed by atoms with Crippen LogP contribution in [-0.4, -0.2) is 9.55 Å². The fourth-order valence-electron chi connectivity index (χ4n) is 2.06. The van der Waals surface area contributed by atoms with Crippen molar-refractivity contribution in [2.75, 3.05) is 0 Å². The van der Waals surface area contributed by atoms with Gasteiger partial charge in [0, 0.05) is 18.9 Å². The summed E-state index contributed by atoms with van der Waals surface area (Å²) in [6.45, 7) is 2.82. The van der Waals surface area contributed by atoms with Crippen LogP contribution in [-0.2, 0) is 12.7 Å². The SMILES string of the molecule is CCCn1ccnc1C(N)c1ccc(C(F)(F)F)cc1. The van der Waals surface area contributed by atoms with Gasteiger partial charge in [-0.05, 0) is 24.1 Å². The van der Waals surface area contributed by atoms with Crippen molar-refractivity contribution in [3.8, 4) is 0 Å². The number of rotatable bonds is 4. The smallest absolute Gasteiger partial charge is 0.333 e. The van der Waals surface area contributed by atoms with Crippen molar-refractivity contribution >= 4 is 0 Å². The predicted molar refractivity (Wildman–Crippen MR) is 70.0 cm³/mol. The van der Waals surface area contributed by atoms with Crippen molar-refractivity contribution in [3.05, 3.63) is 53.6 Å². The number of nitrogens with two attached hydrogens (primary N) is 1. The van der Waals surface area contributed by atoms with Gasteiger partial charge in [0.2, 0.25) is 0 Å². The Hall–Kier alpha value is -1.82. The molecule has 3 nitrogen and oxygen atoms in total. The van der Waals surface area contributed by atoms with E-state index in [4.69, 9.17) is 5.73 Å². The van der Waals surface area contributed by atoms with E-state index >= 15 is 0 Å². The molecule has 108 valence electrons. The fourth-order valence-corrected chi connectivity index (χ4v) is 2.06. The quantitative estimate of drug-likeness (QED) is 0.935. The van der Waals surface area contributed by atoms with Crippen molar-refractivity contribution in [1.29, 1.82) is 0 Å². The zero-order valence-corrected chi connectivity index (χ0v) is 11.1. The predicted octanol–water partition coefficient (Wildman–Crippen LogP) is 3.36. The largest absolute Gasteiger partial charge is 0.416 e. The highest BCUT2D eigenvalue weighted by Crippen LogP contribution is 2.30. The summed E-state index contributed by atoms with van der Waals surface area (Å²) in [6, 6.07) is 4.36. The summed E-state index contributed by atoms with van der Waals surface area (Å²) in [6.07, 6.45) is 0.0735. The molecule has 1 unspecified atom stereocenters. The Balaban J connectivity index is 2.25. The summed E-state index contributed by atoms with van der Waals surface area (Å²) in [5, 5.41) is 0. The molecule has 0 saturated heterocycles. The molecule has 0 spiro atoms. The highest BCUT2D eigenvalue weighted by atomic mass is 19.4. The Morgan fingerprint density at radius 1 is 1.25 bits per heavy atom. The van der Waals surface area contributed by atoms with E-state index < -0.39 is 17.8 Å². The molecule has 1 aromatic carbocycles. The fraction of sp³-hybridized carbons (Fsp3) is 0.357. The molecule has 0 aliphatic rings. The number of halogens is 3. The first-order valence-electron chi connectivity index (χ1n) is 6.37. The maximum atomic E-state index is 12.5. The molecule has 1 atom stereocenters. The van der Waals surface area contributed by atoms with Crippen LogP contribution in [0.5, 0.6) is 0 Å². The molecule has 0 aliphatic carbocycles. The summed E-state index contributed by atoms with van der Waals surface area (Å²) in [5.41, 5.74) is 6.02. The molecule has 0 saturated carbocycles. The average Bonchev–Trinajstić information content (AvgIpc) is 2.86. The van der Waals surface area contributed by atoms with Crippen LogP contribution < -0.4 is 5.73 Å². The molecular formula is C14H16F3N3. The van der Waals surface area contributed by atoms with Crippen LogP contribution in [0.3, 0.4) is 0 Å². The lowest BCUT2D eigenvalue weighted by Crippen LogP contribution is -2.18. The first kappa shape index (κ1) is 14.6. The minimum atomic E-state index is -4.33. The van der Waals surface area contributed by atoms with Gasteiger partial charge in [-0.3, -0.25) is 0 Å². The van der Waals surface area contributed by atoms with E-state index in [1.807, 2.05) is 17.7 Å². The van der Waals surface area contributed by atoms with E-state index in [2.05, 4.69) is 4.98 Å².